The van der Waals surface area contributed by atoms with Gasteiger partial charge in [0, 0.05) is 23.8 Å². The van der Waals surface area contributed by atoms with E-state index in [2.05, 4.69) is 52.7 Å². The van der Waals surface area contributed by atoms with E-state index in [9.17, 15) is 21.0 Å². The predicted molar refractivity (Wildman–Crippen MR) is 164 cm³/mol. The molecule has 4 aromatic carbocycles. The molecular weight excluding hydrogens is 528 g/mol. The smallest absolute Gasteiger partial charge is 0.139 e. The first kappa shape index (κ1) is 25.6. The molecular formula is C37H22N6. The molecule has 6 nitrogen and oxygen atoms in total. The van der Waals surface area contributed by atoms with Crippen molar-refractivity contribution >= 4 is 16.8 Å². The van der Waals surface area contributed by atoms with E-state index in [4.69, 9.17) is 0 Å². The zero-order valence-corrected chi connectivity index (χ0v) is 23.1. The van der Waals surface area contributed by atoms with Gasteiger partial charge in [0.1, 0.15) is 35.4 Å². The Labute approximate surface area is 249 Å². The molecule has 0 spiro atoms. The number of likely N-dealkylation sites (N-methyl/N-ethyl adjacent to an activating group) is 1. The first-order valence-corrected chi connectivity index (χ1v) is 13.8. The fourth-order valence-electron chi connectivity index (χ4n) is 6.72. The fourth-order valence-corrected chi connectivity index (χ4v) is 6.72. The highest BCUT2D eigenvalue weighted by Crippen LogP contribution is 2.55. The summed E-state index contributed by atoms with van der Waals surface area (Å²) in [6.45, 7) is 0. The Morgan fingerprint density at radius 2 is 1.19 bits per heavy atom. The summed E-state index contributed by atoms with van der Waals surface area (Å²) in [5.41, 5.74) is 10.4. The summed E-state index contributed by atoms with van der Waals surface area (Å²) in [5, 5.41) is 43.9. The summed E-state index contributed by atoms with van der Waals surface area (Å²) in [5.74, 6) is 0. The second-order valence-electron chi connectivity index (χ2n) is 10.7. The Balaban J connectivity index is 1.44. The molecule has 0 bridgehead atoms. The molecule has 200 valence electrons. The third-order valence-corrected chi connectivity index (χ3v) is 8.57. The third-order valence-electron chi connectivity index (χ3n) is 8.57. The Kier molecular flexibility index (Phi) is 5.92. The van der Waals surface area contributed by atoms with Crippen molar-refractivity contribution in [3.8, 4) is 46.5 Å². The van der Waals surface area contributed by atoms with Gasteiger partial charge >= 0.3 is 0 Å². The Morgan fingerprint density at radius 3 is 1.77 bits per heavy atom. The largest absolute Gasteiger partial charge is 0.373 e. The van der Waals surface area contributed by atoms with Crippen molar-refractivity contribution in [3.63, 3.8) is 0 Å². The topological polar surface area (TPSA) is 110 Å². The van der Waals surface area contributed by atoms with Crippen LogP contribution in [0, 0.1) is 45.3 Å². The third kappa shape index (κ3) is 3.76. The number of allylic oxidation sites excluding steroid dienone is 3. The van der Waals surface area contributed by atoms with Crippen molar-refractivity contribution in [2.75, 3.05) is 7.05 Å². The maximum Gasteiger partial charge on any atom is 0.139 e. The molecule has 4 aromatic rings. The van der Waals surface area contributed by atoms with Crippen molar-refractivity contribution < 1.29 is 0 Å². The zero-order chi connectivity index (χ0) is 29.7. The van der Waals surface area contributed by atoms with Crippen molar-refractivity contribution in [1.29, 1.82) is 21.0 Å². The quantitative estimate of drug-likeness (QED) is 0.270. The molecule has 0 radical (unpaired) electrons. The van der Waals surface area contributed by atoms with Crippen LogP contribution in [-0.4, -0.2) is 18.0 Å². The highest BCUT2D eigenvalue weighted by Gasteiger charge is 2.48. The van der Waals surface area contributed by atoms with Gasteiger partial charge in [-0.2, -0.15) is 21.0 Å². The van der Waals surface area contributed by atoms with E-state index in [0.717, 1.165) is 55.9 Å². The zero-order valence-electron chi connectivity index (χ0n) is 23.1. The van der Waals surface area contributed by atoms with Crippen LogP contribution in [0.1, 0.15) is 28.3 Å². The molecule has 43 heavy (non-hydrogen) atoms. The van der Waals surface area contributed by atoms with E-state index in [1.807, 2.05) is 85.9 Å². The first-order chi connectivity index (χ1) is 21.1. The molecule has 0 amide bonds. The average Bonchev–Trinajstić information content (AvgIpc) is 3.56. The van der Waals surface area contributed by atoms with Gasteiger partial charge in [0.2, 0.25) is 0 Å². The molecule has 6 heteroatoms. The number of nitrogens with zero attached hydrogens (tertiary/aromatic N) is 5. The molecule has 2 aliphatic carbocycles. The van der Waals surface area contributed by atoms with Gasteiger partial charge in [0.15, 0.2) is 0 Å². The monoisotopic (exact) mass is 550 g/mol. The number of rotatable bonds is 2. The molecule has 0 fully saturated rings. The lowest BCUT2D eigenvalue weighted by Crippen LogP contribution is -2.44. The summed E-state index contributed by atoms with van der Waals surface area (Å²) in [6.07, 6.45) is 0. The maximum absolute atomic E-state index is 10.1. The van der Waals surface area contributed by atoms with E-state index in [-0.39, 0.29) is 17.2 Å². The van der Waals surface area contributed by atoms with Gasteiger partial charge < -0.3 is 10.2 Å². The lowest BCUT2D eigenvalue weighted by Gasteiger charge is -2.40. The fraction of sp³-hybridized carbons (Fsp3) is 0.0811. The number of hydrogen-bond donors (Lipinski definition) is 1. The minimum absolute atomic E-state index is 0.0340. The molecule has 1 N–H and O–H groups in total. The Hall–Kier alpha value is -6.34. The van der Waals surface area contributed by atoms with Gasteiger partial charge in [-0.25, -0.2) is 0 Å². The van der Waals surface area contributed by atoms with E-state index in [0.29, 0.717) is 11.1 Å². The minimum atomic E-state index is -0.396. The van der Waals surface area contributed by atoms with E-state index in [1.54, 1.807) is 0 Å². The van der Waals surface area contributed by atoms with Crippen molar-refractivity contribution in [2.45, 2.75) is 12.1 Å². The summed E-state index contributed by atoms with van der Waals surface area (Å²) >= 11 is 0. The van der Waals surface area contributed by atoms with Gasteiger partial charge in [-0.15, -0.1) is 0 Å². The van der Waals surface area contributed by atoms with Gasteiger partial charge in [-0.05, 0) is 51.1 Å². The second kappa shape index (κ2) is 9.94. The van der Waals surface area contributed by atoms with Crippen molar-refractivity contribution in [1.82, 2.24) is 10.2 Å². The standard InChI is InChI=1S/C37H22N6/c1-43-36-29-15-13-25(23-10-6-3-7-11-23)17-31(29)32(26(18-38)19-39)35(36)42-34-28-14-12-24(22-8-4-2-5-9-22)16-30(28)33(37(34)43)27(20-40)21-41/h2-17,35-36,42H,1H3. The van der Waals surface area contributed by atoms with Crippen LogP contribution in [-0.2, 0) is 0 Å². The summed E-state index contributed by atoms with van der Waals surface area (Å²) in [4.78, 5) is 2.10. The molecule has 0 saturated heterocycles. The molecule has 1 aliphatic heterocycles. The second-order valence-corrected chi connectivity index (χ2v) is 10.7. The summed E-state index contributed by atoms with van der Waals surface area (Å²) in [6, 6.07) is 40.1. The molecule has 7 rings (SSSR count). The number of benzene rings is 4. The van der Waals surface area contributed by atoms with Crippen molar-refractivity contribution in [3.05, 3.63) is 136 Å². The summed E-state index contributed by atoms with van der Waals surface area (Å²) < 4.78 is 0. The van der Waals surface area contributed by atoms with Crippen molar-refractivity contribution in [2.24, 2.45) is 0 Å². The van der Waals surface area contributed by atoms with E-state index < -0.39 is 6.04 Å². The summed E-state index contributed by atoms with van der Waals surface area (Å²) in [7, 11) is 1.96. The number of hydrogen-bond acceptors (Lipinski definition) is 6. The van der Waals surface area contributed by atoms with Crippen LogP contribution in [0.3, 0.4) is 0 Å². The molecule has 1 heterocycles. The van der Waals surface area contributed by atoms with Gasteiger partial charge in [-0.3, -0.25) is 0 Å². The molecule has 3 aliphatic rings. The van der Waals surface area contributed by atoms with Gasteiger partial charge in [0.25, 0.3) is 0 Å². The molecule has 2 atom stereocenters. The lowest BCUT2D eigenvalue weighted by atomic mass is 9.95. The van der Waals surface area contributed by atoms with E-state index >= 15 is 0 Å². The number of fused-ring (bicyclic) bond motifs is 5. The Bertz CT molecular complexity index is 2080. The van der Waals surface area contributed by atoms with Crippen LogP contribution in [0.4, 0.5) is 0 Å². The average molecular weight is 551 g/mol. The predicted octanol–water partition coefficient (Wildman–Crippen LogP) is 6.96. The minimum Gasteiger partial charge on any atom is -0.373 e. The SMILES string of the molecule is CN1C2=C(NC3C(=C(C#N)C#N)c4cc(-c5ccccc5)ccc4C31)c1ccc(-c3ccccc3)cc1C2=C(C#N)C#N. The van der Waals surface area contributed by atoms with Gasteiger partial charge in [0.05, 0.1) is 23.5 Å². The number of nitriles is 4. The normalized spacial score (nSPS) is 17.3. The van der Waals surface area contributed by atoms with Crippen LogP contribution in [0.2, 0.25) is 0 Å². The highest BCUT2D eigenvalue weighted by atomic mass is 15.2. The van der Waals surface area contributed by atoms with Crippen LogP contribution in [0.5, 0.6) is 0 Å². The molecule has 0 saturated carbocycles. The van der Waals surface area contributed by atoms with Crippen LogP contribution >= 0.6 is 0 Å². The molecule has 2 unspecified atom stereocenters. The lowest BCUT2D eigenvalue weighted by molar-refractivity contribution is 0.282. The maximum atomic E-state index is 10.1. The van der Waals surface area contributed by atoms with Crippen LogP contribution in [0.15, 0.2) is 114 Å². The van der Waals surface area contributed by atoms with E-state index in [1.165, 1.54) is 0 Å². The molecule has 0 aromatic heterocycles. The van der Waals surface area contributed by atoms with Gasteiger partial charge in [-0.1, -0.05) is 84.9 Å². The van der Waals surface area contributed by atoms with Crippen LogP contribution in [0.25, 0.3) is 39.1 Å². The Morgan fingerprint density at radius 1 is 0.628 bits per heavy atom. The van der Waals surface area contributed by atoms with Crippen LogP contribution < -0.4 is 5.32 Å². The number of nitrogens with one attached hydrogen (secondary N) is 1. The highest BCUT2D eigenvalue weighted by molar-refractivity contribution is 6.04. The first-order valence-electron chi connectivity index (χ1n) is 13.8.